The van der Waals surface area contributed by atoms with E-state index in [1.54, 1.807) is 21.9 Å². The first kappa shape index (κ1) is 22.1. The number of fused-ring (bicyclic) bond motifs is 3. The molecule has 0 bridgehead atoms. The number of urea groups is 1. The van der Waals surface area contributed by atoms with Crippen molar-refractivity contribution in [1.82, 2.24) is 25.6 Å². The van der Waals surface area contributed by atoms with E-state index in [1.165, 1.54) is 23.6 Å². The Hall–Kier alpha value is -2.68. The molecule has 2 aliphatic carbocycles. The van der Waals surface area contributed by atoms with E-state index in [1.807, 2.05) is 0 Å². The molecule has 9 heteroatoms. The molecule has 0 aromatic heterocycles. The van der Waals surface area contributed by atoms with Gasteiger partial charge in [-0.25, -0.2) is 14.2 Å². The number of hydrogen-bond donors (Lipinski definition) is 2. The largest absolute Gasteiger partial charge is 0.352 e. The molecule has 3 unspecified atom stereocenters. The smallest absolute Gasteiger partial charge is 0.337 e. The lowest BCUT2D eigenvalue weighted by molar-refractivity contribution is -0.157. The number of carbonyl (C=O) groups is 3. The molecule has 1 aromatic carbocycles. The van der Waals surface area contributed by atoms with Crippen LogP contribution in [0.3, 0.4) is 0 Å². The summed E-state index contributed by atoms with van der Waals surface area (Å²) in [5.74, 6) is -0.738. The molecule has 4 aliphatic rings. The summed E-state index contributed by atoms with van der Waals surface area (Å²) in [5.41, 5.74) is 3.93. The number of hydrogen-bond acceptors (Lipinski definition) is 4. The van der Waals surface area contributed by atoms with Gasteiger partial charge in [-0.3, -0.25) is 14.5 Å². The minimum absolute atomic E-state index is 0.0130. The molecule has 4 fully saturated rings. The van der Waals surface area contributed by atoms with Crippen LogP contribution >= 0.6 is 0 Å². The summed E-state index contributed by atoms with van der Waals surface area (Å²) in [6.07, 6.45) is 8.23. The van der Waals surface area contributed by atoms with Gasteiger partial charge in [-0.1, -0.05) is 44.2 Å². The second kappa shape index (κ2) is 9.29. The molecule has 2 N–H and O–H groups in total. The van der Waals surface area contributed by atoms with Gasteiger partial charge < -0.3 is 10.2 Å². The minimum atomic E-state index is -0.642. The maximum absolute atomic E-state index is 13.4. The van der Waals surface area contributed by atoms with Crippen LogP contribution in [0.4, 0.5) is 9.18 Å². The van der Waals surface area contributed by atoms with Crippen molar-refractivity contribution in [2.75, 3.05) is 6.54 Å². The van der Waals surface area contributed by atoms with Crippen LogP contribution in [0.2, 0.25) is 0 Å². The third-order valence-corrected chi connectivity index (χ3v) is 7.51. The number of hydrazine groups is 1. The Kier molecular flexibility index (Phi) is 6.23. The Morgan fingerprint density at radius 3 is 2.45 bits per heavy atom. The molecule has 33 heavy (non-hydrogen) atoms. The van der Waals surface area contributed by atoms with Gasteiger partial charge in [0.2, 0.25) is 11.8 Å². The summed E-state index contributed by atoms with van der Waals surface area (Å²) in [6.45, 7) is 0.185. The van der Waals surface area contributed by atoms with Crippen LogP contribution in [-0.4, -0.2) is 57.6 Å². The third kappa shape index (κ3) is 4.43. The van der Waals surface area contributed by atoms with Gasteiger partial charge in [-0.05, 0) is 43.4 Å². The van der Waals surface area contributed by atoms with Crippen molar-refractivity contribution >= 4 is 17.8 Å². The molecule has 2 heterocycles. The van der Waals surface area contributed by atoms with Crippen molar-refractivity contribution in [1.29, 1.82) is 0 Å². The molecular weight excluding hydrogens is 425 g/mol. The number of carbonyl (C=O) groups excluding carboxylic acids is 3. The summed E-state index contributed by atoms with van der Waals surface area (Å²) in [7, 11) is 0. The average molecular weight is 458 g/mol. The topological polar surface area (TPSA) is 85.0 Å². The minimum Gasteiger partial charge on any atom is -0.352 e. The highest BCUT2D eigenvalue weighted by atomic mass is 19.1. The molecule has 3 atom stereocenters. The molecule has 2 saturated heterocycles. The molecule has 2 saturated carbocycles. The van der Waals surface area contributed by atoms with E-state index in [9.17, 15) is 18.8 Å². The Morgan fingerprint density at radius 1 is 1.00 bits per heavy atom. The summed E-state index contributed by atoms with van der Waals surface area (Å²) >= 11 is 0. The Morgan fingerprint density at radius 2 is 1.70 bits per heavy atom. The van der Waals surface area contributed by atoms with Crippen LogP contribution in [0.1, 0.15) is 63.4 Å². The van der Waals surface area contributed by atoms with E-state index in [0.717, 1.165) is 56.9 Å². The van der Waals surface area contributed by atoms with Crippen LogP contribution in [0, 0.1) is 11.7 Å². The Labute approximate surface area is 193 Å². The predicted octanol–water partition coefficient (Wildman–Crippen LogP) is 2.70. The van der Waals surface area contributed by atoms with E-state index in [4.69, 9.17) is 0 Å². The molecule has 8 nitrogen and oxygen atoms in total. The first-order chi connectivity index (χ1) is 16.0. The quantitative estimate of drug-likeness (QED) is 0.712. The second-order valence-corrected chi connectivity index (χ2v) is 9.73. The highest BCUT2D eigenvalue weighted by Gasteiger charge is 2.54. The molecule has 178 valence electrons. The van der Waals surface area contributed by atoms with E-state index in [0.29, 0.717) is 0 Å². The second-order valence-electron chi connectivity index (χ2n) is 9.73. The lowest BCUT2D eigenvalue weighted by atomic mass is 9.81. The molecule has 5 rings (SSSR count). The zero-order valence-electron chi connectivity index (χ0n) is 18.8. The predicted molar refractivity (Wildman–Crippen MR) is 119 cm³/mol. The van der Waals surface area contributed by atoms with Gasteiger partial charge in [0, 0.05) is 18.6 Å². The van der Waals surface area contributed by atoms with Crippen LogP contribution in [0.25, 0.3) is 0 Å². The zero-order chi connectivity index (χ0) is 22.9. The molecule has 0 radical (unpaired) electrons. The van der Waals surface area contributed by atoms with Crippen LogP contribution in [0.15, 0.2) is 24.3 Å². The van der Waals surface area contributed by atoms with Crippen LogP contribution in [-0.2, 0) is 16.1 Å². The lowest BCUT2D eigenvalue weighted by Gasteiger charge is -2.48. The number of nitrogens with one attached hydrogen (secondary N) is 2. The summed E-state index contributed by atoms with van der Waals surface area (Å²) < 4.78 is 13.4. The van der Waals surface area contributed by atoms with Gasteiger partial charge in [-0.15, -0.1) is 0 Å². The van der Waals surface area contributed by atoms with Crippen LogP contribution < -0.4 is 10.7 Å². The van der Waals surface area contributed by atoms with E-state index in [-0.39, 0.29) is 54.8 Å². The maximum Gasteiger partial charge on any atom is 0.337 e. The third-order valence-electron chi connectivity index (χ3n) is 7.51. The van der Waals surface area contributed by atoms with Crippen LogP contribution in [0.5, 0.6) is 0 Å². The maximum atomic E-state index is 13.4. The summed E-state index contributed by atoms with van der Waals surface area (Å²) in [5, 5.41) is 4.41. The molecule has 1 aromatic rings. The SMILES string of the molecule is O=C(CN1NC2N(Cc3ccc(F)cc3)C(=O)C3CCCCC3N2C1=O)NC1CCCCC1. The monoisotopic (exact) mass is 457 g/mol. The Balaban J connectivity index is 1.34. The molecule has 0 spiro atoms. The highest BCUT2D eigenvalue weighted by molar-refractivity contribution is 5.88. The number of nitrogens with zero attached hydrogens (tertiary/aromatic N) is 3. The Bertz CT molecular complexity index is 904. The summed E-state index contributed by atoms with van der Waals surface area (Å²) in [6, 6.07) is 5.82. The van der Waals surface area contributed by atoms with Crippen molar-refractivity contribution in [2.24, 2.45) is 5.92 Å². The van der Waals surface area contributed by atoms with Crippen molar-refractivity contribution in [3.05, 3.63) is 35.6 Å². The lowest BCUT2D eigenvalue weighted by Crippen LogP contribution is -2.66. The number of halogens is 1. The van der Waals surface area contributed by atoms with E-state index >= 15 is 0 Å². The van der Waals surface area contributed by atoms with Gasteiger partial charge in [0.1, 0.15) is 12.4 Å². The summed E-state index contributed by atoms with van der Waals surface area (Å²) in [4.78, 5) is 42.9. The number of rotatable bonds is 5. The van der Waals surface area contributed by atoms with Gasteiger partial charge in [0.05, 0.1) is 5.92 Å². The van der Waals surface area contributed by atoms with Gasteiger partial charge in [-0.2, -0.15) is 5.43 Å². The zero-order valence-corrected chi connectivity index (χ0v) is 18.8. The van der Waals surface area contributed by atoms with Crippen molar-refractivity contribution in [3.63, 3.8) is 0 Å². The first-order valence-corrected chi connectivity index (χ1v) is 12.2. The molecule has 2 aliphatic heterocycles. The fourth-order valence-corrected chi connectivity index (χ4v) is 5.84. The molecular formula is C24H32FN5O3. The first-order valence-electron chi connectivity index (χ1n) is 12.2. The van der Waals surface area contributed by atoms with Crippen molar-refractivity contribution < 1.29 is 18.8 Å². The van der Waals surface area contributed by atoms with Gasteiger partial charge in [0.25, 0.3) is 0 Å². The number of amides is 4. The number of benzene rings is 1. The van der Waals surface area contributed by atoms with E-state index in [2.05, 4.69) is 10.7 Å². The molecule has 4 amide bonds. The highest BCUT2D eigenvalue weighted by Crippen LogP contribution is 2.38. The fourth-order valence-electron chi connectivity index (χ4n) is 5.84. The van der Waals surface area contributed by atoms with Gasteiger partial charge in [0.15, 0.2) is 6.29 Å². The average Bonchev–Trinajstić information content (AvgIpc) is 3.14. The van der Waals surface area contributed by atoms with Gasteiger partial charge >= 0.3 is 6.03 Å². The van der Waals surface area contributed by atoms with Crippen molar-refractivity contribution in [2.45, 2.75) is 82.7 Å². The fraction of sp³-hybridized carbons (Fsp3) is 0.625. The normalized spacial score (nSPS) is 28.0. The standard InChI is InChI=1S/C24H32FN5O3/c25-17-12-10-16(11-13-17)14-28-22(32)19-8-4-5-9-20(19)30-23(28)27-29(24(30)33)15-21(31)26-18-6-2-1-3-7-18/h10-13,18-20,23,27H,1-9,14-15H2,(H,26,31). The van der Waals surface area contributed by atoms with Crippen molar-refractivity contribution in [3.8, 4) is 0 Å². The van der Waals surface area contributed by atoms with E-state index < -0.39 is 6.29 Å².